The second kappa shape index (κ2) is 4.31. The van der Waals surface area contributed by atoms with Crippen LogP contribution in [0.2, 0.25) is 0 Å². The molecule has 1 heterocycles. The van der Waals surface area contributed by atoms with Crippen molar-refractivity contribution >= 4 is 12.0 Å². The Morgan fingerprint density at radius 2 is 2.19 bits per heavy atom. The van der Waals surface area contributed by atoms with Gasteiger partial charge in [0, 0.05) is 26.2 Å². The maximum Gasteiger partial charge on any atom is 0.320 e. The molecule has 5 nitrogen and oxygen atoms in total. The quantitative estimate of drug-likeness (QED) is 0.780. The van der Waals surface area contributed by atoms with Gasteiger partial charge < -0.3 is 14.9 Å². The molecule has 2 amide bonds. The van der Waals surface area contributed by atoms with Crippen LogP contribution in [0, 0.1) is 5.92 Å². The summed E-state index contributed by atoms with van der Waals surface area (Å²) in [5.41, 5.74) is 0. The van der Waals surface area contributed by atoms with E-state index in [9.17, 15) is 9.59 Å². The van der Waals surface area contributed by atoms with Gasteiger partial charge in [-0.3, -0.25) is 4.79 Å². The monoisotopic (exact) mass is 226 g/mol. The number of fused-ring (bicyclic) bond motifs is 2. The second-order valence-corrected chi connectivity index (χ2v) is 4.83. The van der Waals surface area contributed by atoms with Crippen LogP contribution in [0.1, 0.15) is 25.7 Å². The zero-order valence-corrected chi connectivity index (χ0v) is 9.56. The average molecular weight is 226 g/mol. The number of carbonyl (C=O) groups is 2. The van der Waals surface area contributed by atoms with Gasteiger partial charge in [-0.15, -0.1) is 0 Å². The van der Waals surface area contributed by atoms with Crippen LogP contribution in [0.15, 0.2) is 0 Å². The highest BCUT2D eigenvalue weighted by molar-refractivity contribution is 5.76. The van der Waals surface area contributed by atoms with E-state index in [2.05, 4.69) is 0 Å². The fraction of sp³-hybridized carbons (Fsp3) is 0.818. The minimum atomic E-state index is -0.859. The van der Waals surface area contributed by atoms with Gasteiger partial charge in [-0.25, -0.2) is 4.79 Å². The molecule has 0 spiro atoms. The number of likely N-dealkylation sites (tertiary alicyclic amines) is 1. The van der Waals surface area contributed by atoms with E-state index in [1.165, 1.54) is 11.3 Å². The minimum absolute atomic E-state index is 0.00606. The van der Waals surface area contributed by atoms with Gasteiger partial charge in [-0.1, -0.05) is 0 Å². The number of amides is 2. The fourth-order valence-corrected chi connectivity index (χ4v) is 2.74. The third-order valence-corrected chi connectivity index (χ3v) is 3.64. The Hall–Kier alpha value is -1.26. The first-order chi connectivity index (χ1) is 7.58. The Morgan fingerprint density at radius 3 is 2.69 bits per heavy atom. The van der Waals surface area contributed by atoms with Crippen LogP contribution < -0.4 is 0 Å². The molecule has 1 aliphatic carbocycles. The molecule has 0 aromatic rings. The van der Waals surface area contributed by atoms with E-state index in [1.54, 1.807) is 7.05 Å². The number of urea groups is 1. The van der Waals surface area contributed by atoms with Crippen molar-refractivity contribution in [1.29, 1.82) is 0 Å². The lowest BCUT2D eigenvalue weighted by atomic mass is 10.1. The highest BCUT2D eigenvalue weighted by atomic mass is 16.4. The maximum atomic E-state index is 12.0. The van der Waals surface area contributed by atoms with E-state index in [4.69, 9.17) is 5.11 Å². The van der Waals surface area contributed by atoms with Gasteiger partial charge in [0.2, 0.25) is 0 Å². The first kappa shape index (κ1) is 11.2. The van der Waals surface area contributed by atoms with Crippen LogP contribution in [-0.4, -0.2) is 53.1 Å². The number of hydrogen-bond donors (Lipinski definition) is 1. The van der Waals surface area contributed by atoms with Crippen molar-refractivity contribution in [1.82, 2.24) is 9.80 Å². The van der Waals surface area contributed by atoms with Gasteiger partial charge in [0.05, 0.1) is 6.42 Å². The molecular formula is C11H18N2O3. The number of aliphatic carboxylic acids is 1. The standard InChI is InChI=1S/C11H18N2O3/c1-12(5-4-10(14)15)11(16)13-7-8-2-3-9(13)6-8/h8-9H,2-7H2,1H3,(H,14,15). The summed E-state index contributed by atoms with van der Waals surface area (Å²) in [6.45, 7) is 1.16. The van der Waals surface area contributed by atoms with E-state index >= 15 is 0 Å². The lowest BCUT2D eigenvalue weighted by Crippen LogP contribution is -2.45. The number of hydrogen-bond acceptors (Lipinski definition) is 2. The van der Waals surface area contributed by atoms with Gasteiger partial charge in [0.15, 0.2) is 0 Å². The molecule has 0 radical (unpaired) electrons. The van der Waals surface area contributed by atoms with Crippen molar-refractivity contribution in [2.75, 3.05) is 20.1 Å². The molecular weight excluding hydrogens is 208 g/mol. The molecule has 2 aliphatic rings. The molecule has 2 unspecified atom stereocenters. The molecule has 2 atom stereocenters. The second-order valence-electron chi connectivity index (χ2n) is 4.83. The zero-order chi connectivity index (χ0) is 11.7. The molecule has 5 heteroatoms. The smallest absolute Gasteiger partial charge is 0.320 e. The molecule has 2 bridgehead atoms. The molecule has 1 N–H and O–H groups in total. The third-order valence-electron chi connectivity index (χ3n) is 3.64. The molecule has 1 saturated heterocycles. The first-order valence-corrected chi connectivity index (χ1v) is 5.81. The normalized spacial score (nSPS) is 27.2. The summed E-state index contributed by atoms with van der Waals surface area (Å²) >= 11 is 0. The SMILES string of the molecule is CN(CCC(=O)O)C(=O)N1CC2CCC1C2. The van der Waals surface area contributed by atoms with Gasteiger partial charge in [0.25, 0.3) is 0 Å². The lowest BCUT2D eigenvalue weighted by Gasteiger charge is -2.31. The minimum Gasteiger partial charge on any atom is -0.481 e. The van der Waals surface area contributed by atoms with Gasteiger partial charge >= 0.3 is 12.0 Å². The van der Waals surface area contributed by atoms with E-state index in [1.807, 2.05) is 4.90 Å². The van der Waals surface area contributed by atoms with Crippen LogP contribution in [0.4, 0.5) is 4.79 Å². The summed E-state index contributed by atoms with van der Waals surface area (Å²) in [5, 5.41) is 8.56. The Bertz CT molecular complexity index is 306. The molecule has 2 fully saturated rings. The van der Waals surface area contributed by atoms with Crippen molar-refractivity contribution in [3.05, 3.63) is 0 Å². The summed E-state index contributed by atoms with van der Waals surface area (Å²) in [7, 11) is 1.68. The van der Waals surface area contributed by atoms with E-state index in [-0.39, 0.29) is 12.5 Å². The first-order valence-electron chi connectivity index (χ1n) is 5.81. The van der Waals surface area contributed by atoms with Crippen molar-refractivity contribution in [2.24, 2.45) is 5.92 Å². The van der Waals surface area contributed by atoms with Gasteiger partial charge in [0.1, 0.15) is 0 Å². The van der Waals surface area contributed by atoms with Gasteiger partial charge in [-0.05, 0) is 25.2 Å². The highest BCUT2D eigenvalue weighted by Crippen LogP contribution is 2.37. The highest BCUT2D eigenvalue weighted by Gasteiger charge is 2.41. The number of carboxylic acids is 1. The Labute approximate surface area is 95.0 Å². The largest absolute Gasteiger partial charge is 0.481 e. The Kier molecular flexibility index (Phi) is 3.03. The number of piperidine rings is 1. The van der Waals surface area contributed by atoms with Crippen LogP contribution in [-0.2, 0) is 4.79 Å². The molecule has 2 rings (SSSR count). The van der Waals surface area contributed by atoms with Crippen LogP contribution in [0.25, 0.3) is 0 Å². The van der Waals surface area contributed by atoms with Crippen molar-refractivity contribution in [3.63, 3.8) is 0 Å². The number of rotatable bonds is 3. The van der Waals surface area contributed by atoms with E-state index in [0.717, 1.165) is 19.4 Å². The Balaban J connectivity index is 1.85. The molecule has 0 aromatic heterocycles. The number of nitrogens with zero attached hydrogens (tertiary/aromatic N) is 2. The summed E-state index contributed by atoms with van der Waals surface area (Å²) in [6.07, 6.45) is 3.51. The molecule has 16 heavy (non-hydrogen) atoms. The summed E-state index contributed by atoms with van der Waals surface area (Å²) in [6, 6.07) is 0.401. The topological polar surface area (TPSA) is 60.9 Å². The van der Waals surface area contributed by atoms with Crippen LogP contribution in [0.5, 0.6) is 0 Å². The van der Waals surface area contributed by atoms with E-state index < -0.39 is 5.97 Å². The number of carboxylic acid groups (broad SMARTS) is 1. The molecule has 1 aliphatic heterocycles. The molecule has 90 valence electrons. The number of carbonyl (C=O) groups excluding carboxylic acids is 1. The average Bonchev–Trinajstić information content (AvgIpc) is 2.86. The lowest BCUT2D eigenvalue weighted by molar-refractivity contribution is -0.137. The van der Waals surface area contributed by atoms with Crippen molar-refractivity contribution in [3.8, 4) is 0 Å². The predicted molar refractivity (Wildman–Crippen MR) is 58.1 cm³/mol. The van der Waals surface area contributed by atoms with E-state index in [0.29, 0.717) is 18.5 Å². The summed E-state index contributed by atoms with van der Waals surface area (Å²) in [4.78, 5) is 25.9. The van der Waals surface area contributed by atoms with Crippen LogP contribution in [0.3, 0.4) is 0 Å². The van der Waals surface area contributed by atoms with Gasteiger partial charge in [-0.2, -0.15) is 0 Å². The van der Waals surface area contributed by atoms with Crippen molar-refractivity contribution < 1.29 is 14.7 Å². The van der Waals surface area contributed by atoms with Crippen molar-refractivity contribution in [2.45, 2.75) is 31.7 Å². The predicted octanol–water partition coefficient (Wildman–Crippen LogP) is 0.997. The van der Waals surface area contributed by atoms with Crippen LogP contribution >= 0.6 is 0 Å². The summed E-state index contributed by atoms with van der Waals surface area (Å²) in [5.74, 6) is -0.176. The molecule has 1 saturated carbocycles. The fourth-order valence-electron chi connectivity index (χ4n) is 2.74. The third kappa shape index (κ3) is 2.13. The summed E-state index contributed by atoms with van der Waals surface area (Å²) < 4.78 is 0. The zero-order valence-electron chi connectivity index (χ0n) is 9.56. The molecule has 0 aromatic carbocycles. The maximum absolute atomic E-state index is 12.0. The Morgan fingerprint density at radius 1 is 1.44 bits per heavy atom.